The lowest BCUT2D eigenvalue weighted by atomic mass is 10.0. The standard InChI is InChI=1S/C25H16Cl2N4O2/c1-15-6-8-19(24(32)31(28)25(33)23-20(26)13-29-14-21(23)27)11-17(15)9-7-16-10-18-4-2-3-5-22(18)30-12-16/h2-6,8,10-14H,28H2,1H3. The number of aryl methyl sites for hydroxylation is 1. The molecule has 8 heteroatoms. The summed E-state index contributed by atoms with van der Waals surface area (Å²) >= 11 is 12.0. The Kier molecular flexibility index (Phi) is 6.38. The molecular weight excluding hydrogens is 459 g/mol. The predicted octanol–water partition coefficient (Wildman–Crippen LogP) is 4.80. The molecule has 2 heterocycles. The highest BCUT2D eigenvalue weighted by atomic mass is 35.5. The number of amides is 2. The largest absolute Gasteiger partial charge is 0.278 e. The SMILES string of the molecule is Cc1ccc(C(=O)N(N)C(=O)c2c(Cl)cncc2Cl)cc1C#Cc1cnc2ccccc2c1. The number of benzene rings is 2. The second-order valence-corrected chi connectivity index (χ2v) is 7.97. The average molecular weight is 475 g/mol. The van der Waals surface area contributed by atoms with Crippen molar-refractivity contribution in [2.45, 2.75) is 6.92 Å². The Morgan fingerprint density at radius 2 is 1.67 bits per heavy atom. The van der Waals surface area contributed by atoms with Gasteiger partial charge in [-0.05, 0) is 36.8 Å². The first-order valence-electron chi connectivity index (χ1n) is 9.75. The molecule has 0 aliphatic rings. The van der Waals surface area contributed by atoms with Gasteiger partial charge in [-0.2, -0.15) is 0 Å². The van der Waals surface area contributed by atoms with Crippen molar-refractivity contribution in [2.75, 3.05) is 0 Å². The van der Waals surface area contributed by atoms with E-state index in [4.69, 9.17) is 29.0 Å². The van der Waals surface area contributed by atoms with E-state index in [1.807, 2.05) is 37.3 Å². The van der Waals surface area contributed by atoms with E-state index in [9.17, 15) is 9.59 Å². The van der Waals surface area contributed by atoms with Crippen molar-refractivity contribution >= 4 is 45.9 Å². The molecule has 0 radical (unpaired) electrons. The van der Waals surface area contributed by atoms with Crippen LogP contribution in [0.4, 0.5) is 0 Å². The molecule has 6 nitrogen and oxygen atoms in total. The smallest absolute Gasteiger partial charge is 0.267 e. The van der Waals surface area contributed by atoms with Crippen molar-refractivity contribution in [3.63, 3.8) is 0 Å². The quantitative estimate of drug-likeness (QED) is 0.148. The van der Waals surface area contributed by atoms with Crippen LogP contribution in [0.15, 0.2) is 67.1 Å². The Morgan fingerprint density at radius 3 is 2.42 bits per heavy atom. The summed E-state index contributed by atoms with van der Waals surface area (Å²) in [4.78, 5) is 33.8. The van der Waals surface area contributed by atoms with Gasteiger partial charge in [0.25, 0.3) is 11.8 Å². The van der Waals surface area contributed by atoms with Crippen molar-refractivity contribution in [3.8, 4) is 11.8 Å². The monoisotopic (exact) mass is 474 g/mol. The maximum atomic E-state index is 12.9. The summed E-state index contributed by atoms with van der Waals surface area (Å²) in [5.74, 6) is 10.4. The van der Waals surface area contributed by atoms with E-state index >= 15 is 0 Å². The van der Waals surface area contributed by atoms with Crippen LogP contribution in [0.25, 0.3) is 10.9 Å². The highest BCUT2D eigenvalue weighted by Gasteiger charge is 2.25. The molecule has 4 aromatic rings. The maximum absolute atomic E-state index is 12.9. The van der Waals surface area contributed by atoms with Gasteiger partial charge >= 0.3 is 0 Å². The molecule has 2 N–H and O–H groups in total. The number of nitrogens with zero attached hydrogens (tertiary/aromatic N) is 3. The van der Waals surface area contributed by atoms with Crippen LogP contribution < -0.4 is 5.84 Å². The molecule has 0 unspecified atom stereocenters. The predicted molar refractivity (Wildman–Crippen MR) is 128 cm³/mol. The van der Waals surface area contributed by atoms with Gasteiger partial charge in [0.1, 0.15) is 0 Å². The number of fused-ring (bicyclic) bond motifs is 1. The minimum absolute atomic E-state index is 0.00444. The van der Waals surface area contributed by atoms with Gasteiger partial charge < -0.3 is 0 Å². The second-order valence-electron chi connectivity index (χ2n) is 7.15. The number of rotatable bonds is 2. The molecule has 33 heavy (non-hydrogen) atoms. The Bertz CT molecular complexity index is 1450. The average Bonchev–Trinajstić information content (AvgIpc) is 2.82. The van der Waals surface area contributed by atoms with Crippen molar-refractivity contribution in [1.29, 1.82) is 0 Å². The number of carbonyl (C=O) groups is 2. The summed E-state index contributed by atoms with van der Waals surface area (Å²) in [5.41, 5.74) is 3.20. The molecule has 0 saturated carbocycles. The van der Waals surface area contributed by atoms with Crippen LogP contribution >= 0.6 is 23.2 Å². The number of hydrazine groups is 1. The Labute approximate surface area is 199 Å². The maximum Gasteiger partial charge on any atom is 0.278 e. The molecule has 2 aromatic carbocycles. The number of para-hydroxylation sites is 1. The molecular formula is C25H16Cl2N4O2. The molecule has 0 fully saturated rings. The zero-order valence-electron chi connectivity index (χ0n) is 17.3. The van der Waals surface area contributed by atoms with Crippen LogP contribution in [0.2, 0.25) is 10.0 Å². The van der Waals surface area contributed by atoms with Crippen molar-refractivity contribution in [1.82, 2.24) is 15.0 Å². The fourth-order valence-corrected chi connectivity index (χ4v) is 3.66. The molecule has 4 rings (SSSR count). The third-order valence-corrected chi connectivity index (χ3v) is 5.49. The van der Waals surface area contributed by atoms with Gasteiger partial charge in [-0.1, -0.05) is 59.3 Å². The lowest BCUT2D eigenvalue weighted by Crippen LogP contribution is -2.43. The summed E-state index contributed by atoms with van der Waals surface area (Å²) in [6.07, 6.45) is 4.20. The van der Waals surface area contributed by atoms with E-state index in [0.717, 1.165) is 22.0 Å². The van der Waals surface area contributed by atoms with Crippen molar-refractivity contribution in [2.24, 2.45) is 5.84 Å². The summed E-state index contributed by atoms with van der Waals surface area (Å²) in [5, 5.41) is 1.45. The summed E-state index contributed by atoms with van der Waals surface area (Å²) in [6.45, 7) is 1.87. The number of carbonyl (C=O) groups excluding carboxylic acids is 2. The van der Waals surface area contributed by atoms with E-state index in [1.165, 1.54) is 12.4 Å². The van der Waals surface area contributed by atoms with Crippen LogP contribution in [-0.2, 0) is 0 Å². The molecule has 0 aliphatic heterocycles. The van der Waals surface area contributed by atoms with Crippen LogP contribution in [0.1, 0.15) is 37.4 Å². The Morgan fingerprint density at radius 1 is 0.939 bits per heavy atom. The van der Waals surface area contributed by atoms with Crippen LogP contribution in [0, 0.1) is 18.8 Å². The van der Waals surface area contributed by atoms with E-state index in [2.05, 4.69) is 21.8 Å². The number of hydrogen-bond donors (Lipinski definition) is 1. The highest BCUT2D eigenvalue weighted by molar-refractivity contribution is 6.39. The third-order valence-electron chi connectivity index (χ3n) is 4.92. The zero-order chi connectivity index (χ0) is 23.5. The molecule has 0 saturated heterocycles. The zero-order valence-corrected chi connectivity index (χ0v) is 18.9. The third kappa shape index (κ3) is 4.71. The molecule has 2 aromatic heterocycles. The summed E-state index contributed by atoms with van der Waals surface area (Å²) in [6, 6.07) is 14.6. The fraction of sp³-hybridized carbons (Fsp3) is 0.0400. The first kappa shape index (κ1) is 22.4. The van der Waals surface area contributed by atoms with Gasteiger partial charge in [0.15, 0.2) is 0 Å². The topological polar surface area (TPSA) is 89.2 Å². The van der Waals surface area contributed by atoms with Crippen LogP contribution in [-0.4, -0.2) is 26.8 Å². The summed E-state index contributed by atoms with van der Waals surface area (Å²) in [7, 11) is 0. The number of hydrogen-bond acceptors (Lipinski definition) is 5. The lowest BCUT2D eigenvalue weighted by molar-refractivity contribution is 0.0615. The number of pyridine rings is 2. The van der Waals surface area contributed by atoms with Crippen LogP contribution in [0.5, 0.6) is 0 Å². The molecule has 0 bridgehead atoms. The van der Waals surface area contributed by atoms with E-state index in [0.29, 0.717) is 10.6 Å². The van der Waals surface area contributed by atoms with Gasteiger partial charge in [0.2, 0.25) is 0 Å². The minimum atomic E-state index is -0.840. The normalized spacial score (nSPS) is 10.4. The molecule has 2 amide bonds. The van der Waals surface area contributed by atoms with Crippen molar-refractivity contribution < 1.29 is 9.59 Å². The van der Waals surface area contributed by atoms with Gasteiger partial charge in [0, 0.05) is 40.7 Å². The Hall–Kier alpha value is -3.76. The number of aromatic nitrogens is 2. The second kappa shape index (κ2) is 9.39. The molecule has 0 atom stereocenters. The summed E-state index contributed by atoms with van der Waals surface area (Å²) < 4.78 is 0. The lowest BCUT2D eigenvalue weighted by Gasteiger charge is -2.16. The van der Waals surface area contributed by atoms with Crippen molar-refractivity contribution in [3.05, 3.63) is 105 Å². The van der Waals surface area contributed by atoms with Gasteiger partial charge in [-0.25, -0.2) is 10.9 Å². The number of halogens is 2. The molecule has 0 spiro atoms. The fourth-order valence-electron chi connectivity index (χ4n) is 3.14. The van der Waals surface area contributed by atoms with E-state index in [-0.39, 0.29) is 21.2 Å². The number of imide groups is 1. The van der Waals surface area contributed by atoms with Gasteiger partial charge in [0.05, 0.1) is 21.1 Å². The van der Waals surface area contributed by atoms with Gasteiger partial charge in [-0.15, -0.1) is 0 Å². The Balaban J connectivity index is 1.62. The minimum Gasteiger partial charge on any atom is -0.267 e. The molecule has 162 valence electrons. The first-order valence-corrected chi connectivity index (χ1v) is 10.5. The highest BCUT2D eigenvalue weighted by Crippen LogP contribution is 2.24. The number of nitrogens with two attached hydrogens (primary N) is 1. The first-order chi connectivity index (χ1) is 15.8. The van der Waals surface area contributed by atoms with Gasteiger partial charge in [-0.3, -0.25) is 19.6 Å². The van der Waals surface area contributed by atoms with Crippen LogP contribution in [0.3, 0.4) is 0 Å². The molecule has 0 aliphatic carbocycles. The van der Waals surface area contributed by atoms with E-state index < -0.39 is 11.8 Å². The van der Waals surface area contributed by atoms with E-state index in [1.54, 1.807) is 24.4 Å².